The number of benzene rings is 1. The lowest BCUT2D eigenvalue weighted by Crippen LogP contribution is -2.04. The molecular formula is C10H11BrO2. The summed E-state index contributed by atoms with van der Waals surface area (Å²) in [4.78, 5) is 0. The van der Waals surface area contributed by atoms with Crippen LogP contribution in [0.15, 0.2) is 22.7 Å². The van der Waals surface area contributed by atoms with Gasteiger partial charge in [-0.3, -0.25) is 0 Å². The van der Waals surface area contributed by atoms with Crippen molar-refractivity contribution in [1.82, 2.24) is 0 Å². The van der Waals surface area contributed by atoms with E-state index in [0.717, 1.165) is 22.4 Å². The number of aryl methyl sites for hydroxylation is 1. The molecule has 1 aromatic carbocycles. The first-order chi connectivity index (χ1) is 6.25. The Labute approximate surface area is 86.0 Å². The van der Waals surface area contributed by atoms with E-state index in [2.05, 4.69) is 15.9 Å². The van der Waals surface area contributed by atoms with Crippen LogP contribution in [0.3, 0.4) is 0 Å². The molecule has 2 rings (SSSR count). The average Bonchev–Trinajstić information content (AvgIpc) is 2.86. The molecule has 70 valence electrons. The van der Waals surface area contributed by atoms with E-state index in [1.807, 2.05) is 25.1 Å². The van der Waals surface area contributed by atoms with Gasteiger partial charge in [0, 0.05) is 4.47 Å². The van der Waals surface area contributed by atoms with Gasteiger partial charge in [-0.25, -0.2) is 0 Å². The lowest BCUT2D eigenvalue weighted by atomic mass is 10.2. The van der Waals surface area contributed by atoms with Crippen LogP contribution >= 0.6 is 15.9 Å². The number of epoxide rings is 1. The highest BCUT2D eigenvalue weighted by atomic mass is 79.9. The fourth-order valence-electron chi connectivity index (χ4n) is 1.12. The smallest absolute Gasteiger partial charge is 0.122 e. The molecule has 13 heavy (non-hydrogen) atoms. The number of halogens is 1. The maximum absolute atomic E-state index is 5.57. The van der Waals surface area contributed by atoms with E-state index in [-0.39, 0.29) is 0 Å². The number of rotatable bonds is 3. The highest BCUT2D eigenvalue weighted by molar-refractivity contribution is 9.10. The van der Waals surface area contributed by atoms with Gasteiger partial charge in [0.2, 0.25) is 0 Å². The Morgan fingerprint density at radius 1 is 1.62 bits per heavy atom. The van der Waals surface area contributed by atoms with Crippen molar-refractivity contribution >= 4 is 15.9 Å². The van der Waals surface area contributed by atoms with Crippen LogP contribution in [0.1, 0.15) is 5.56 Å². The van der Waals surface area contributed by atoms with E-state index in [9.17, 15) is 0 Å². The van der Waals surface area contributed by atoms with Gasteiger partial charge >= 0.3 is 0 Å². The van der Waals surface area contributed by atoms with Crippen molar-refractivity contribution in [2.24, 2.45) is 0 Å². The Morgan fingerprint density at radius 3 is 3.00 bits per heavy atom. The van der Waals surface area contributed by atoms with Crippen LogP contribution in [-0.4, -0.2) is 19.3 Å². The van der Waals surface area contributed by atoms with Crippen molar-refractivity contribution in [2.45, 2.75) is 13.0 Å². The fourth-order valence-corrected chi connectivity index (χ4v) is 1.60. The normalized spacial score (nSPS) is 20.0. The maximum atomic E-state index is 5.57. The first kappa shape index (κ1) is 9.03. The zero-order chi connectivity index (χ0) is 9.26. The second-order valence-corrected chi connectivity index (χ2v) is 4.09. The minimum Gasteiger partial charge on any atom is -0.491 e. The van der Waals surface area contributed by atoms with E-state index in [4.69, 9.17) is 9.47 Å². The molecule has 0 N–H and O–H groups in total. The molecule has 2 nitrogen and oxygen atoms in total. The quantitative estimate of drug-likeness (QED) is 0.761. The van der Waals surface area contributed by atoms with Gasteiger partial charge in [0.25, 0.3) is 0 Å². The summed E-state index contributed by atoms with van der Waals surface area (Å²) in [6, 6.07) is 6.00. The van der Waals surface area contributed by atoms with Crippen molar-refractivity contribution in [3.05, 3.63) is 28.2 Å². The molecule has 0 aromatic heterocycles. The van der Waals surface area contributed by atoms with Gasteiger partial charge in [-0.1, -0.05) is 15.9 Å². The van der Waals surface area contributed by atoms with Gasteiger partial charge in [0.1, 0.15) is 18.5 Å². The molecule has 1 atom stereocenters. The molecule has 1 saturated heterocycles. The average molecular weight is 243 g/mol. The van der Waals surface area contributed by atoms with Gasteiger partial charge < -0.3 is 9.47 Å². The molecule has 0 aliphatic carbocycles. The summed E-state index contributed by atoms with van der Waals surface area (Å²) in [5.74, 6) is 0.943. The lowest BCUT2D eigenvalue weighted by molar-refractivity contribution is 0.261. The monoisotopic (exact) mass is 242 g/mol. The molecule has 0 amide bonds. The molecule has 1 aromatic rings. The zero-order valence-corrected chi connectivity index (χ0v) is 9.00. The molecule has 0 spiro atoms. The van der Waals surface area contributed by atoms with Gasteiger partial charge in [-0.05, 0) is 30.7 Å². The zero-order valence-electron chi connectivity index (χ0n) is 7.42. The molecule has 1 fully saturated rings. The number of ether oxygens (including phenoxy) is 2. The molecule has 1 aliphatic heterocycles. The fraction of sp³-hybridized carbons (Fsp3) is 0.400. The van der Waals surface area contributed by atoms with E-state index in [1.165, 1.54) is 0 Å². The summed E-state index contributed by atoms with van der Waals surface area (Å²) in [7, 11) is 0. The summed E-state index contributed by atoms with van der Waals surface area (Å²) in [6.45, 7) is 3.55. The molecule has 0 saturated carbocycles. The third kappa shape index (κ3) is 2.45. The van der Waals surface area contributed by atoms with Gasteiger partial charge in [0.05, 0.1) is 6.61 Å². The van der Waals surface area contributed by atoms with Crippen LogP contribution in [-0.2, 0) is 4.74 Å². The summed E-state index contributed by atoms with van der Waals surface area (Å²) in [6.07, 6.45) is 0.322. The number of hydrogen-bond acceptors (Lipinski definition) is 2. The number of hydrogen-bond donors (Lipinski definition) is 0. The van der Waals surface area contributed by atoms with E-state index in [0.29, 0.717) is 12.7 Å². The highest BCUT2D eigenvalue weighted by Crippen LogP contribution is 2.23. The van der Waals surface area contributed by atoms with Gasteiger partial charge in [-0.15, -0.1) is 0 Å². The van der Waals surface area contributed by atoms with E-state index < -0.39 is 0 Å². The van der Waals surface area contributed by atoms with Crippen molar-refractivity contribution in [3.63, 3.8) is 0 Å². The van der Waals surface area contributed by atoms with Crippen LogP contribution in [0.5, 0.6) is 5.75 Å². The predicted octanol–water partition coefficient (Wildman–Crippen LogP) is 2.54. The van der Waals surface area contributed by atoms with Crippen molar-refractivity contribution in [3.8, 4) is 5.75 Å². The van der Waals surface area contributed by atoms with Gasteiger partial charge in [-0.2, -0.15) is 0 Å². The third-order valence-corrected chi connectivity index (χ3v) is 2.46. The van der Waals surface area contributed by atoms with Crippen molar-refractivity contribution in [2.75, 3.05) is 13.2 Å². The first-order valence-corrected chi connectivity index (χ1v) is 5.05. The van der Waals surface area contributed by atoms with Gasteiger partial charge in [0.15, 0.2) is 0 Å². The van der Waals surface area contributed by atoms with Crippen LogP contribution in [0, 0.1) is 6.92 Å². The van der Waals surface area contributed by atoms with Crippen molar-refractivity contribution < 1.29 is 9.47 Å². The second kappa shape index (κ2) is 3.68. The maximum Gasteiger partial charge on any atom is 0.122 e. The molecule has 3 heteroatoms. The van der Waals surface area contributed by atoms with E-state index in [1.54, 1.807) is 0 Å². The Bertz CT molecular complexity index is 308. The highest BCUT2D eigenvalue weighted by Gasteiger charge is 2.23. The molecular weight excluding hydrogens is 232 g/mol. The second-order valence-electron chi connectivity index (χ2n) is 3.18. The van der Waals surface area contributed by atoms with Crippen LogP contribution in [0.25, 0.3) is 0 Å². The topological polar surface area (TPSA) is 21.8 Å². The predicted molar refractivity (Wildman–Crippen MR) is 54.1 cm³/mol. The summed E-state index contributed by atoms with van der Waals surface area (Å²) in [5, 5.41) is 0. The molecule has 0 radical (unpaired) electrons. The largest absolute Gasteiger partial charge is 0.491 e. The van der Waals surface area contributed by atoms with Crippen LogP contribution in [0.2, 0.25) is 0 Å². The molecule has 1 aliphatic rings. The lowest BCUT2D eigenvalue weighted by Gasteiger charge is -2.07. The Morgan fingerprint density at radius 2 is 2.38 bits per heavy atom. The van der Waals surface area contributed by atoms with Crippen molar-refractivity contribution in [1.29, 1.82) is 0 Å². The summed E-state index contributed by atoms with van der Waals surface area (Å²) in [5.41, 5.74) is 1.15. The SMILES string of the molecule is Cc1cc(Br)ccc1OCC1CO1. The third-order valence-electron chi connectivity index (χ3n) is 1.96. The molecule has 1 heterocycles. The molecule has 1 unspecified atom stereocenters. The Balaban J connectivity index is 2.01. The van der Waals surface area contributed by atoms with Crippen LogP contribution in [0.4, 0.5) is 0 Å². The first-order valence-electron chi connectivity index (χ1n) is 4.26. The summed E-state index contributed by atoms with van der Waals surface area (Å²) >= 11 is 3.41. The minimum absolute atomic E-state index is 0.322. The standard InChI is InChI=1S/C10H11BrO2/c1-7-4-8(11)2-3-10(7)13-6-9-5-12-9/h2-4,9H,5-6H2,1H3. The minimum atomic E-state index is 0.322. The van der Waals surface area contributed by atoms with Crippen LogP contribution < -0.4 is 4.74 Å². The Hall–Kier alpha value is -0.540. The summed E-state index contributed by atoms with van der Waals surface area (Å²) < 4.78 is 11.7. The Kier molecular flexibility index (Phi) is 2.56. The van der Waals surface area contributed by atoms with E-state index >= 15 is 0 Å². The molecule has 0 bridgehead atoms.